The Hall–Kier alpha value is -1.47. The summed E-state index contributed by atoms with van der Waals surface area (Å²) in [6.45, 7) is 5.90. The molecule has 1 aliphatic heterocycles. The van der Waals surface area contributed by atoms with Crippen LogP contribution in [0.2, 0.25) is 10.0 Å². The van der Waals surface area contributed by atoms with Crippen molar-refractivity contribution in [3.63, 3.8) is 0 Å². The summed E-state index contributed by atoms with van der Waals surface area (Å²) in [6.07, 6.45) is 0. The molecule has 2 aromatic carbocycles. The lowest BCUT2D eigenvalue weighted by molar-refractivity contribution is 0.380. The second-order valence-corrected chi connectivity index (χ2v) is 9.09. The summed E-state index contributed by atoms with van der Waals surface area (Å²) in [7, 11) is -3.87. The molecule has 1 aliphatic rings. The van der Waals surface area contributed by atoms with Crippen LogP contribution in [-0.2, 0) is 10.0 Å². The SMILES string of the molecule is Cc1cccc(N2CCN(S(=O)(=O)c3cc(Cl)cc(Cl)c3O)CC2)c1C. The fraction of sp³-hybridized carbons (Fsp3) is 0.333. The average molecular weight is 415 g/mol. The van der Waals surface area contributed by atoms with E-state index in [4.69, 9.17) is 23.2 Å². The molecule has 2 aromatic rings. The number of aryl methyl sites for hydroxylation is 1. The third kappa shape index (κ3) is 3.51. The van der Waals surface area contributed by atoms with Crippen molar-refractivity contribution in [2.75, 3.05) is 31.1 Å². The number of nitrogens with zero attached hydrogens (tertiary/aromatic N) is 2. The van der Waals surface area contributed by atoms with Gasteiger partial charge in [0.1, 0.15) is 4.90 Å². The number of aromatic hydroxyl groups is 1. The summed E-state index contributed by atoms with van der Waals surface area (Å²) in [5, 5.41) is 10.2. The molecule has 5 nitrogen and oxygen atoms in total. The molecule has 140 valence electrons. The quantitative estimate of drug-likeness (QED) is 0.828. The summed E-state index contributed by atoms with van der Waals surface area (Å²) in [5.41, 5.74) is 3.52. The number of halogens is 2. The third-order valence-electron chi connectivity index (χ3n) is 4.77. The van der Waals surface area contributed by atoms with E-state index in [-0.39, 0.29) is 14.9 Å². The molecule has 0 spiro atoms. The van der Waals surface area contributed by atoms with Gasteiger partial charge in [-0.05, 0) is 43.2 Å². The second kappa shape index (κ2) is 7.27. The lowest BCUT2D eigenvalue weighted by Gasteiger charge is -2.36. The van der Waals surface area contributed by atoms with Crippen LogP contribution in [0.5, 0.6) is 5.75 Å². The maximum atomic E-state index is 12.9. The Kier molecular flexibility index (Phi) is 5.40. The smallest absolute Gasteiger partial charge is 0.246 e. The number of benzene rings is 2. The van der Waals surface area contributed by atoms with Crippen molar-refractivity contribution in [3.8, 4) is 5.75 Å². The van der Waals surface area contributed by atoms with Gasteiger partial charge in [-0.2, -0.15) is 4.31 Å². The summed E-state index contributed by atoms with van der Waals surface area (Å²) < 4.78 is 27.2. The van der Waals surface area contributed by atoms with Gasteiger partial charge in [-0.1, -0.05) is 35.3 Å². The molecular formula is C18H20Cl2N2O3S. The molecule has 0 aromatic heterocycles. The predicted octanol–water partition coefficient (Wildman–Crippen LogP) is 3.83. The van der Waals surface area contributed by atoms with Gasteiger partial charge in [0.25, 0.3) is 0 Å². The van der Waals surface area contributed by atoms with E-state index in [2.05, 4.69) is 30.9 Å². The molecular weight excluding hydrogens is 395 g/mol. The van der Waals surface area contributed by atoms with Crippen LogP contribution in [0.4, 0.5) is 5.69 Å². The molecule has 0 atom stereocenters. The number of hydrogen-bond acceptors (Lipinski definition) is 4. The molecule has 1 heterocycles. The maximum absolute atomic E-state index is 12.9. The fourth-order valence-corrected chi connectivity index (χ4v) is 5.29. The van der Waals surface area contributed by atoms with Crippen LogP contribution in [0.15, 0.2) is 35.2 Å². The number of rotatable bonds is 3. The Balaban J connectivity index is 1.82. The molecule has 1 saturated heterocycles. The number of sulfonamides is 1. The largest absolute Gasteiger partial charge is 0.505 e. The van der Waals surface area contributed by atoms with Gasteiger partial charge >= 0.3 is 0 Å². The van der Waals surface area contributed by atoms with Crippen molar-refractivity contribution in [1.82, 2.24) is 4.31 Å². The van der Waals surface area contributed by atoms with E-state index < -0.39 is 15.8 Å². The van der Waals surface area contributed by atoms with E-state index in [0.29, 0.717) is 26.2 Å². The summed E-state index contributed by atoms with van der Waals surface area (Å²) in [4.78, 5) is 1.93. The van der Waals surface area contributed by atoms with Gasteiger partial charge in [0.05, 0.1) is 5.02 Å². The first kappa shape index (κ1) is 19.3. The molecule has 1 fully saturated rings. The highest BCUT2D eigenvalue weighted by atomic mass is 35.5. The lowest BCUT2D eigenvalue weighted by Crippen LogP contribution is -2.48. The number of hydrogen-bond donors (Lipinski definition) is 1. The van der Waals surface area contributed by atoms with Crippen LogP contribution in [0.25, 0.3) is 0 Å². The van der Waals surface area contributed by atoms with E-state index in [1.165, 1.54) is 27.6 Å². The number of phenolic OH excluding ortho intramolecular Hbond substituents is 1. The topological polar surface area (TPSA) is 60.9 Å². The minimum Gasteiger partial charge on any atom is -0.505 e. The summed E-state index contributed by atoms with van der Waals surface area (Å²) >= 11 is 11.8. The molecule has 0 unspecified atom stereocenters. The van der Waals surface area contributed by atoms with Crippen molar-refractivity contribution in [2.45, 2.75) is 18.7 Å². The Morgan fingerprint density at radius 3 is 2.35 bits per heavy atom. The van der Waals surface area contributed by atoms with Gasteiger partial charge in [0.15, 0.2) is 5.75 Å². The highest BCUT2D eigenvalue weighted by Crippen LogP contribution is 2.36. The molecule has 0 bridgehead atoms. The van der Waals surface area contributed by atoms with Gasteiger partial charge in [-0.15, -0.1) is 0 Å². The van der Waals surface area contributed by atoms with Crippen molar-refractivity contribution in [1.29, 1.82) is 0 Å². The molecule has 0 saturated carbocycles. The Labute approximate surface area is 163 Å². The van der Waals surface area contributed by atoms with Crippen molar-refractivity contribution in [3.05, 3.63) is 51.5 Å². The van der Waals surface area contributed by atoms with Gasteiger partial charge in [-0.25, -0.2) is 8.42 Å². The molecule has 1 N–H and O–H groups in total. The lowest BCUT2D eigenvalue weighted by atomic mass is 10.1. The third-order valence-corrected chi connectivity index (χ3v) is 7.18. The highest BCUT2D eigenvalue weighted by molar-refractivity contribution is 7.89. The van der Waals surface area contributed by atoms with Crippen LogP contribution in [-0.4, -0.2) is 44.0 Å². The first-order chi connectivity index (χ1) is 12.2. The van der Waals surface area contributed by atoms with Gasteiger partial charge < -0.3 is 10.0 Å². The standard InChI is InChI=1S/C18H20Cl2N2O3S/c1-12-4-3-5-16(13(12)2)21-6-8-22(9-7-21)26(24,25)17-11-14(19)10-15(20)18(17)23/h3-5,10-11,23H,6-9H2,1-2H3. The number of anilines is 1. The fourth-order valence-electron chi connectivity index (χ4n) is 3.13. The van der Waals surface area contributed by atoms with Crippen LogP contribution in [0.1, 0.15) is 11.1 Å². The van der Waals surface area contributed by atoms with Crippen molar-refractivity contribution < 1.29 is 13.5 Å². The van der Waals surface area contributed by atoms with Crippen molar-refractivity contribution >= 4 is 38.9 Å². The second-order valence-electron chi connectivity index (χ2n) is 6.34. The van der Waals surface area contributed by atoms with E-state index in [1.807, 2.05) is 6.07 Å². The normalized spacial score (nSPS) is 16.1. The summed E-state index contributed by atoms with van der Waals surface area (Å²) in [5.74, 6) is -0.465. The van der Waals surface area contributed by atoms with Crippen LogP contribution < -0.4 is 4.90 Å². The van der Waals surface area contributed by atoms with E-state index in [0.717, 1.165) is 5.69 Å². The number of piperazine rings is 1. The molecule has 26 heavy (non-hydrogen) atoms. The Morgan fingerprint density at radius 2 is 1.69 bits per heavy atom. The monoisotopic (exact) mass is 414 g/mol. The van der Waals surface area contributed by atoms with Crippen LogP contribution in [0, 0.1) is 13.8 Å². The van der Waals surface area contributed by atoms with Gasteiger partial charge in [0.2, 0.25) is 10.0 Å². The van der Waals surface area contributed by atoms with Crippen LogP contribution in [0.3, 0.4) is 0 Å². The molecule has 0 aliphatic carbocycles. The minimum atomic E-state index is -3.87. The van der Waals surface area contributed by atoms with Crippen LogP contribution >= 0.6 is 23.2 Å². The summed E-state index contributed by atoms with van der Waals surface area (Å²) in [6, 6.07) is 8.66. The molecule has 0 radical (unpaired) electrons. The zero-order valence-electron chi connectivity index (χ0n) is 14.5. The zero-order chi connectivity index (χ0) is 19.1. The minimum absolute atomic E-state index is 0.0786. The Morgan fingerprint density at radius 1 is 1.04 bits per heavy atom. The number of phenols is 1. The van der Waals surface area contributed by atoms with E-state index >= 15 is 0 Å². The van der Waals surface area contributed by atoms with E-state index in [9.17, 15) is 13.5 Å². The zero-order valence-corrected chi connectivity index (χ0v) is 16.9. The molecule has 3 rings (SSSR count). The average Bonchev–Trinajstić information content (AvgIpc) is 2.60. The van der Waals surface area contributed by atoms with Gasteiger partial charge in [0, 0.05) is 36.9 Å². The molecule has 0 amide bonds. The first-order valence-electron chi connectivity index (χ1n) is 8.21. The molecule has 8 heteroatoms. The predicted molar refractivity (Wildman–Crippen MR) is 105 cm³/mol. The Bertz CT molecular complexity index is 940. The van der Waals surface area contributed by atoms with Gasteiger partial charge in [-0.3, -0.25) is 0 Å². The highest BCUT2D eigenvalue weighted by Gasteiger charge is 2.32. The van der Waals surface area contributed by atoms with E-state index in [1.54, 1.807) is 0 Å². The first-order valence-corrected chi connectivity index (χ1v) is 10.4. The maximum Gasteiger partial charge on any atom is 0.246 e. The van der Waals surface area contributed by atoms with Crippen molar-refractivity contribution in [2.24, 2.45) is 0 Å².